The highest BCUT2D eigenvalue weighted by Gasteiger charge is 2.43. The zero-order chi connectivity index (χ0) is 15.7. The minimum atomic E-state index is -0.775. The average molecular weight is 283 g/mol. The number of barbiturate groups is 1. The van der Waals surface area contributed by atoms with Crippen LogP contribution in [0.2, 0.25) is 0 Å². The number of urea groups is 1. The van der Waals surface area contributed by atoms with E-state index in [2.05, 4.69) is 5.32 Å². The van der Waals surface area contributed by atoms with E-state index >= 15 is 0 Å². The summed E-state index contributed by atoms with van der Waals surface area (Å²) < 4.78 is 0. The molecule has 0 aromatic carbocycles. The van der Waals surface area contributed by atoms with E-state index in [4.69, 9.17) is 0 Å². The van der Waals surface area contributed by atoms with E-state index < -0.39 is 17.9 Å². The summed E-state index contributed by atoms with van der Waals surface area (Å²) in [6.07, 6.45) is 0. The Bertz CT molecular complexity index is 416. The SMILES string of the molecule is CC(C)C1C(=O)NC(=O)N(CC(C)(C)CN(C)C)C1=O. The van der Waals surface area contributed by atoms with Crippen LogP contribution in [0, 0.1) is 17.3 Å². The molecule has 6 heteroatoms. The number of amides is 4. The van der Waals surface area contributed by atoms with Gasteiger partial charge in [-0.3, -0.25) is 19.8 Å². The van der Waals surface area contributed by atoms with Gasteiger partial charge in [0.2, 0.25) is 11.8 Å². The maximum Gasteiger partial charge on any atom is 0.330 e. The van der Waals surface area contributed by atoms with Crippen molar-refractivity contribution in [2.24, 2.45) is 17.3 Å². The van der Waals surface area contributed by atoms with E-state index in [0.717, 1.165) is 6.54 Å². The average Bonchev–Trinajstić information content (AvgIpc) is 2.21. The molecule has 1 rings (SSSR count). The molecule has 0 saturated carbocycles. The molecule has 0 radical (unpaired) electrons. The molecule has 1 unspecified atom stereocenters. The summed E-state index contributed by atoms with van der Waals surface area (Å²) in [6, 6.07) is -0.608. The van der Waals surface area contributed by atoms with Crippen molar-refractivity contribution in [2.75, 3.05) is 27.2 Å². The molecule has 0 aromatic rings. The van der Waals surface area contributed by atoms with E-state index in [-0.39, 0.29) is 17.2 Å². The van der Waals surface area contributed by atoms with E-state index in [1.165, 1.54) is 4.90 Å². The molecule has 0 aromatic heterocycles. The lowest BCUT2D eigenvalue weighted by Gasteiger charge is -2.37. The Morgan fingerprint density at radius 1 is 1.25 bits per heavy atom. The van der Waals surface area contributed by atoms with Gasteiger partial charge in [-0.15, -0.1) is 0 Å². The summed E-state index contributed by atoms with van der Waals surface area (Å²) in [6.45, 7) is 8.64. The first-order chi connectivity index (χ1) is 9.05. The molecular weight excluding hydrogens is 258 g/mol. The van der Waals surface area contributed by atoms with Crippen LogP contribution in [0.15, 0.2) is 0 Å². The van der Waals surface area contributed by atoms with Crippen LogP contribution >= 0.6 is 0 Å². The lowest BCUT2D eigenvalue weighted by molar-refractivity contribution is -0.145. The summed E-state index contributed by atoms with van der Waals surface area (Å²) in [7, 11) is 3.89. The van der Waals surface area contributed by atoms with Gasteiger partial charge in [0, 0.05) is 13.1 Å². The second kappa shape index (κ2) is 5.91. The van der Waals surface area contributed by atoms with Gasteiger partial charge in [-0.1, -0.05) is 27.7 Å². The molecule has 0 aliphatic carbocycles. The van der Waals surface area contributed by atoms with Gasteiger partial charge in [-0.25, -0.2) is 4.79 Å². The molecule has 1 atom stereocenters. The zero-order valence-electron chi connectivity index (χ0n) is 13.2. The Labute approximate surface area is 120 Å². The van der Waals surface area contributed by atoms with Crippen LogP contribution in [-0.2, 0) is 9.59 Å². The second-order valence-electron chi connectivity index (χ2n) is 6.84. The molecule has 0 bridgehead atoms. The first kappa shape index (κ1) is 16.6. The molecule has 114 valence electrons. The third kappa shape index (κ3) is 3.79. The van der Waals surface area contributed by atoms with Gasteiger partial charge in [-0.2, -0.15) is 0 Å². The lowest BCUT2D eigenvalue weighted by Crippen LogP contribution is -2.61. The predicted octanol–water partition coefficient (Wildman–Crippen LogP) is 0.925. The first-order valence-electron chi connectivity index (χ1n) is 6.86. The van der Waals surface area contributed by atoms with Crippen molar-refractivity contribution in [1.82, 2.24) is 15.1 Å². The Morgan fingerprint density at radius 3 is 2.25 bits per heavy atom. The number of hydrogen-bond acceptors (Lipinski definition) is 4. The number of nitrogens with one attached hydrogen (secondary N) is 1. The highest BCUT2D eigenvalue weighted by Crippen LogP contribution is 2.24. The van der Waals surface area contributed by atoms with E-state index in [0.29, 0.717) is 6.54 Å². The molecule has 4 amide bonds. The van der Waals surface area contributed by atoms with Crippen LogP contribution in [-0.4, -0.2) is 54.8 Å². The molecule has 1 N–H and O–H groups in total. The Morgan fingerprint density at radius 2 is 1.80 bits per heavy atom. The maximum atomic E-state index is 12.4. The van der Waals surface area contributed by atoms with Crippen molar-refractivity contribution in [3.63, 3.8) is 0 Å². The van der Waals surface area contributed by atoms with Crippen LogP contribution in [0.1, 0.15) is 27.7 Å². The largest absolute Gasteiger partial charge is 0.330 e. The van der Waals surface area contributed by atoms with Gasteiger partial charge in [0.15, 0.2) is 0 Å². The van der Waals surface area contributed by atoms with E-state index in [1.807, 2.05) is 32.8 Å². The summed E-state index contributed by atoms with van der Waals surface area (Å²) in [5, 5.41) is 2.28. The summed E-state index contributed by atoms with van der Waals surface area (Å²) >= 11 is 0. The van der Waals surface area contributed by atoms with E-state index in [9.17, 15) is 14.4 Å². The molecule has 1 aliphatic heterocycles. The second-order valence-corrected chi connectivity index (χ2v) is 6.84. The quantitative estimate of drug-likeness (QED) is 0.762. The fraction of sp³-hybridized carbons (Fsp3) is 0.786. The fourth-order valence-electron chi connectivity index (χ4n) is 2.70. The van der Waals surface area contributed by atoms with Gasteiger partial charge in [-0.05, 0) is 25.4 Å². The fourth-order valence-corrected chi connectivity index (χ4v) is 2.70. The van der Waals surface area contributed by atoms with Gasteiger partial charge >= 0.3 is 6.03 Å². The highest BCUT2D eigenvalue weighted by atomic mass is 16.2. The highest BCUT2D eigenvalue weighted by molar-refractivity contribution is 6.16. The predicted molar refractivity (Wildman–Crippen MR) is 75.9 cm³/mol. The topological polar surface area (TPSA) is 69.7 Å². The maximum absolute atomic E-state index is 12.4. The molecule has 1 fully saturated rings. The lowest BCUT2D eigenvalue weighted by atomic mass is 9.88. The first-order valence-corrected chi connectivity index (χ1v) is 6.86. The van der Waals surface area contributed by atoms with Crippen molar-refractivity contribution < 1.29 is 14.4 Å². The van der Waals surface area contributed by atoms with Crippen molar-refractivity contribution >= 4 is 17.8 Å². The Kier molecular flexibility index (Phi) is 4.91. The van der Waals surface area contributed by atoms with Crippen molar-refractivity contribution in [3.05, 3.63) is 0 Å². The molecule has 0 spiro atoms. The molecule has 1 aliphatic rings. The van der Waals surface area contributed by atoms with Crippen LogP contribution in [0.4, 0.5) is 4.79 Å². The number of hydrogen-bond donors (Lipinski definition) is 1. The molecular formula is C14H25N3O3. The summed E-state index contributed by atoms with van der Waals surface area (Å²) in [5.74, 6) is -1.78. The van der Waals surface area contributed by atoms with Crippen LogP contribution in [0.3, 0.4) is 0 Å². The minimum Gasteiger partial charge on any atom is -0.309 e. The van der Waals surface area contributed by atoms with Crippen molar-refractivity contribution in [2.45, 2.75) is 27.7 Å². The Hall–Kier alpha value is -1.43. The van der Waals surface area contributed by atoms with Gasteiger partial charge in [0.1, 0.15) is 5.92 Å². The third-order valence-corrected chi connectivity index (χ3v) is 3.29. The standard InChI is InChI=1S/C14H25N3O3/c1-9(2)10-11(18)15-13(20)17(12(10)19)8-14(3,4)7-16(5)6/h9-10H,7-8H2,1-6H3,(H,15,18,20). The third-order valence-electron chi connectivity index (χ3n) is 3.29. The van der Waals surface area contributed by atoms with Crippen molar-refractivity contribution in [1.29, 1.82) is 0 Å². The number of imide groups is 2. The summed E-state index contributed by atoms with van der Waals surface area (Å²) in [4.78, 5) is 39.2. The van der Waals surface area contributed by atoms with Crippen molar-refractivity contribution in [3.8, 4) is 0 Å². The smallest absolute Gasteiger partial charge is 0.309 e. The molecule has 20 heavy (non-hydrogen) atoms. The Balaban J connectivity index is 2.90. The number of nitrogens with zero attached hydrogens (tertiary/aromatic N) is 2. The van der Waals surface area contributed by atoms with Gasteiger partial charge < -0.3 is 4.90 Å². The van der Waals surface area contributed by atoms with Crippen LogP contribution < -0.4 is 5.32 Å². The van der Waals surface area contributed by atoms with Gasteiger partial charge in [0.05, 0.1) is 0 Å². The van der Waals surface area contributed by atoms with E-state index in [1.54, 1.807) is 13.8 Å². The minimum absolute atomic E-state index is 0.130. The molecule has 1 saturated heterocycles. The van der Waals surface area contributed by atoms with Crippen LogP contribution in [0.25, 0.3) is 0 Å². The number of carbonyl (C=O) groups is 3. The monoisotopic (exact) mass is 283 g/mol. The number of carbonyl (C=O) groups excluding carboxylic acids is 3. The van der Waals surface area contributed by atoms with Crippen LogP contribution in [0.5, 0.6) is 0 Å². The number of rotatable bonds is 5. The van der Waals surface area contributed by atoms with Gasteiger partial charge in [0.25, 0.3) is 0 Å². The molecule has 6 nitrogen and oxygen atoms in total. The normalized spacial score (nSPS) is 20.9. The molecule has 1 heterocycles. The zero-order valence-corrected chi connectivity index (χ0v) is 13.2. The summed E-state index contributed by atoms with van der Waals surface area (Å²) in [5.41, 5.74) is -0.238.